The molecule has 0 N–H and O–H groups in total. The van der Waals surface area contributed by atoms with Crippen LogP contribution in [0.2, 0.25) is 0 Å². The second-order valence-electron chi connectivity index (χ2n) is 4.39. The monoisotopic (exact) mass is 212 g/mol. The Morgan fingerprint density at radius 1 is 1.06 bits per heavy atom. The number of hydrogen-bond donors (Lipinski definition) is 0. The lowest BCUT2D eigenvalue weighted by Crippen LogP contribution is -2.24. The van der Waals surface area contributed by atoms with E-state index in [0.29, 0.717) is 0 Å². The van der Waals surface area contributed by atoms with Crippen molar-refractivity contribution in [2.24, 2.45) is 0 Å². The molecule has 82 valence electrons. The number of ether oxygens (including phenoxy) is 1. The molecule has 0 aliphatic rings. The summed E-state index contributed by atoms with van der Waals surface area (Å²) in [5.74, 6) is 0.906. The van der Waals surface area contributed by atoms with E-state index in [1.54, 1.807) is 0 Å². The Morgan fingerprint density at radius 2 is 1.75 bits per heavy atom. The van der Waals surface area contributed by atoms with E-state index in [-0.39, 0.29) is 5.60 Å². The van der Waals surface area contributed by atoms with Gasteiger partial charge in [-0.25, -0.2) is 0 Å². The molecule has 0 aliphatic carbocycles. The van der Waals surface area contributed by atoms with Crippen LogP contribution in [-0.4, -0.2) is 5.60 Å². The van der Waals surface area contributed by atoms with Crippen molar-refractivity contribution in [1.82, 2.24) is 0 Å². The molecule has 0 aromatic heterocycles. The van der Waals surface area contributed by atoms with Gasteiger partial charge in [0.15, 0.2) is 0 Å². The molecule has 2 aromatic rings. The van der Waals surface area contributed by atoms with Crippen molar-refractivity contribution < 1.29 is 4.74 Å². The molecule has 2 rings (SSSR count). The summed E-state index contributed by atoms with van der Waals surface area (Å²) in [6.07, 6.45) is 1.81. The molecule has 0 saturated heterocycles. The first-order chi connectivity index (χ1) is 7.62. The number of hydrogen-bond acceptors (Lipinski definition) is 1. The minimum Gasteiger partial charge on any atom is -0.483 e. The van der Waals surface area contributed by atoms with E-state index in [9.17, 15) is 0 Å². The third-order valence-electron chi connectivity index (χ3n) is 2.61. The van der Waals surface area contributed by atoms with Gasteiger partial charge in [0.05, 0.1) is 0 Å². The van der Waals surface area contributed by atoms with E-state index in [0.717, 1.165) is 11.1 Å². The maximum absolute atomic E-state index is 5.95. The molecular formula is C15H16O. The molecule has 1 nitrogen and oxygen atoms in total. The molecule has 0 unspecified atom stereocenters. The Bertz CT molecular complexity index is 506. The van der Waals surface area contributed by atoms with Crippen molar-refractivity contribution in [3.8, 4) is 5.75 Å². The van der Waals surface area contributed by atoms with Crippen molar-refractivity contribution in [2.75, 3.05) is 0 Å². The average Bonchev–Trinajstić information content (AvgIpc) is 2.29. The molecule has 1 heteroatoms. The second kappa shape index (κ2) is 4.01. The number of rotatable bonds is 3. The predicted molar refractivity (Wildman–Crippen MR) is 68.9 cm³/mol. The zero-order valence-corrected chi connectivity index (χ0v) is 9.73. The van der Waals surface area contributed by atoms with Crippen LogP contribution < -0.4 is 4.74 Å². The van der Waals surface area contributed by atoms with Crippen molar-refractivity contribution in [3.05, 3.63) is 55.1 Å². The Kier molecular flexibility index (Phi) is 2.69. The molecule has 2 aromatic carbocycles. The van der Waals surface area contributed by atoms with Gasteiger partial charge in [-0.3, -0.25) is 0 Å². The van der Waals surface area contributed by atoms with Crippen LogP contribution >= 0.6 is 0 Å². The van der Waals surface area contributed by atoms with Gasteiger partial charge in [0.25, 0.3) is 0 Å². The predicted octanol–water partition coefficient (Wildman–Crippen LogP) is 4.18. The Hall–Kier alpha value is -1.76. The summed E-state index contributed by atoms with van der Waals surface area (Å²) in [6, 6.07) is 14.3. The summed E-state index contributed by atoms with van der Waals surface area (Å²) in [7, 11) is 0. The summed E-state index contributed by atoms with van der Waals surface area (Å²) in [6.45, 7) is 7.79. The Labute approximate surface area is 96.4 Å². The molecule has 0 saturated carbocycles. The van der Waals surface area contributed by atoms with Crippen molar-refractivity contribution >= 4 is 10.8 Å². The van der Waals surface area contributed by atoms with Crippen LogP contribution in [0.25, 0.3) is 10.8 Å². The van der Waals surface area contributed by atoms with Crippen LogP contribution in [0, 0.1) is 0 Å². The Balaban J connectivity index is 2.49. The van der Waals surface area contributed by atoms with Gasteiger partial charge in [0.2, 0.25) is 0 Å². The fourth-order valence-electron chi connectivity index (χ4n) is 1.61. The van der Waals surface area contributed by atoms with Crippen LogP contribution in [-0.2, 0) is 0 Å². The fourth-order valence-corrected chi connectivity index (χ4v) is 1.61. The lowest BCUT2D eigenvalue weighted by atomic mass is 10.1. The molecule has 0 amide bonds. The summed E-state index contributed by atoms with van der Waals surface area (Å²) in [5.41, 5.74) is -0.343. The summed E-state index contributed by atoms with van der Waals surface area (Å²) >= 11 is 0. The highest BCUT2D eigenvalue weighted by molar-refractivity contribution is 5.88. The zero-order chi connectivity index (χ0) is 11.6. The lowest BCUT2D eigenvalue weighted by molar-refractivity contribution is 0.165. The zero-order valence-electron chi connectivity index (χ0n) is 9.73. The quantitative estimate of drug-likeness (QED) is 0.693. The molecule has 0 heterocycles. The van der Waals surface area contributed by atoms with E-state index in [4.69, 9.17) is 4.74 Å². The third-order valence-corrected chi connectivity index (χ3v) is 2.61. The lowest BCUT2D eigenvalue weighted by Gasteiger charge is -2.23. The van der Waals surface area contributed by atoms with E-state index >= 15 is 0 Å². The summed E-state index contributed by atoms with van der Waals surface area (Å²) in [5, 5.41) is 2.33. The molecule has 0 fully saturated rings. The normalized spacial score (nSPS) is 11.4. The molecule has 0 spiro atoms. The molecular weight excluding hydrogens is 196 g/mol. The second-order valence-corrected chi connectivity index (χ2v) is 4.39. The van der Waals surface area contributed by atoms with Crippen molar-refractivity contribution in [3.63, 3.8) is 0 Å². The van der Waals surface area contributed by atoms with Gasteiger partial charge in [-0.2, -0.15) is 0 Å². The molecule has 0 bridgehead atoms. The van der Waals surface area contributed by atoms with Gasteiger partial charge in [-0.15, -0.1) is 0 Å². The SMILES string of the molecule is C=CC(C)(C)Oc1cccc2ccccc12. The fraction of sp³-hybridized carbons (Fsp3) is 0.200. The minimum absolute atomic E-state index is 0.343. The minimum atomic E-state index is -0.343. The van der Waals surface area contributed by atoms with E-state index in [1.807, 2.05) is 44.2 Å². The van der Waals surface area contributed by atoms with Gasteiger partial charge in [-0.1, -0.05) is 43.0 Å². The van der Waals surface area contributed by atoms with Crippen molar-refractivity contribution in [1.29, 1.82) is 0 Å². The van der Waals surface area contributed by atoms with E-state index in [2.05, 4.69) is 24.8 Å². The smallest absolute Gasteiger partial charge is 0.128 e. The van der Waals surface area contributed by atoms with Gasteiger partial charge in [-0.05, 0) is 31.4 Å². The topological polar surface area (TPSA) is 9.23 Å². The maximum atomic E-state index is 5.95. The highest BCUT2D eigenvalue weighted by Gasteiger charge is 2.15. The Morgan fingerprint density at radius 3 is 2.50 bits per heavy atom. The van der Waals surface area contributed by atoms with Crippen LogP contribution in [0.5, 0.6) is 5.75 Å². The highest BCUT2D eigenvalue weighted by Crippen LogP contribution is 2.28. The number of fused-ring (bicyclic) bond motifs is 1. The largest absolute Gasteiger partial charge is 0.483 e. The molecule has 0 atom stereocenters. The highest BCUT2D eigenvalue weighted by atomic mass is 16.5. The molecule has 0 aliphatic heterocycles. The molecule has 16 heavy (non-hydrogen) atoms. The van der Waals surface area contributed by atoms with Crippen LogP contribution in [0.4, 0.5) is 0 Å². The maximum Gasteiger partial charge on any atom is 0.128 e. The van der Waals surface area contributed by atoms with E-state index < -0.39 is 0 Å². The average molecular weight is 212 g/mol. The van der Waals surface area contributed by atoms with Gasteiger partial charge in [0, 0.05) is 5.39 Å². The van der Waals surface area contributed by atoms with E-state index in [1.165, 1.54) is 5.39 Å². The third kappa shape index (κ3) is 2.08. The number of benzene rings is 2. The summed E-state index contributed by atoms with van der Waals surface area (Å²) < 4.78 is 5.95. The first-order valence-electron chi connectivity index (χ1n) is 5.43. The van der Waals surface area contributed by atoms with Crippen LogP contribution in [0.3, 0.4) is 0 Å². The molecule has 0 radical (unpaired) electrons. The van der Waals surface area contributed by atoms with Crippen molar-refractivity contribution in [2.45, 2.75) is 19.4 Å². The van der Waals surface area contributed by atoms with Gasteiger partial charge < -0.3 is 4.74 Å². The summed E-state index contributed by atoms with van der Waals surface area (Å²) in [4.78, 5) is 0. The first kappa shape index (κ1) is 10.7. The van der Waals surface area contributed by atoms with Crippen LogP contribution in [0.1, 0.15) is 13.8 Å². The first-order valence-corrected chi connectivity index (χ1v) is 5.43. The van der Waals surface area contributed by atoms with Gasteiger partial charge in [0.1, 0.15) is 11.4 Å². The van der Waals surface area contributed by atoms with Crippen LogP contribution in [0.15, 0.2) is 55.1 Å². The standard InChI is InChI=1S/C15H16O/c1-4-15(2,3)16-14-11-7-9-12-8-5-6-10-13(12)14/h4-11H,1H2,2-3H3. The van der Waals surface area contributed by atoms with Gasteiger partial charge >= 0.3 is 0 Å².